The van der Waals surface area contributed by atoms with Gasteiger partial charge in [-0.15, -0.1) is 0 Å². The molecule has 0 aliphatic rings. The fourth-order valence-electron chi connectivity index (χ4n) is 2.25. The van der Waals surface area contributed by atoms with Gasteiger partial charge in [-0.3, -0.25) is 0 Å². The van der Waals surface area contributed by atoms with Gasteiger partial charge in [0.05, 0.1) is 0 Å². The molecule has 0 aromatic heterocycles. The van der Waals surface area contributed by atoms with Crippen molar-refractivity contribution in [3.63, 3.8) is 0 Å². The van der Waals surface area contributed by atoms with Crippen molar-refractivity contribution in [1.82, 2.24) is 0 Å². The van der Waals surface area contributed by atoms with E-state index in [1.165, 1.54) is 6.07 Å². The van der Waals surface area contributed by atoms with Crippen molar-refractivity contribution < 1.29 is 18.7 Å². The van der Waals surface area contributed by atoms with Crippen LogP contribution in [0.5, 0.6) is 5.75 Å². The smallest absolute Gasteiger partial charge is 0.159 e. The van der Waals surface area contributed by atoms with E-state index >= 15 is 0 Å². The zero-order chi connectivity index (χ0) is 16.2. The predicted octanol–water partition coefficient (Wildman–Crippen LogP) is 4.38. The minimum Gasteiger partial charge on any atom is -0.487 e. The van der Waals surface area contributed by atoms with Crippen LogP contribution >= 0.6 is 0 Å². The Kier molecular flexibility index (Phi) is 4.19. The third-order valence-corrected chi connectivity index (χ3v) is 3.47. The fourth-order valence-corrected chi connectivity index (χ4v) is 2.25. The Morgan fingerprint density at radius 3 is 2.43 bits per heavy atom. The van der Waals surface area contributed by atoms with Gasteiger partial charge in [0, 0.05) is 5.56 Å². The average molecular weight is 313 g/mol. The molecule has 0 saturated carbocycles. The van der Waals surface area contributed by atoms with Crippen molar-refractivity contribution in [2.24, 2.45) is 5.16 Å². The molecular formula is C18H13F2NO2. The average Bonchev–Trinajstić information content (AvgIpc) is 2.58. The van der Waals surface area contributed by atoms with Crippen molar-refractivity contribution >= 4 is 16.5 Å². The van der Waals surface area contributed by atoms with E-state index in [1.807, 2.05) is 36.4 Å². The zero-order valence-electron chi connectivity index (χ0n) is 12.0. The summed E-state index contributed by atoms with van der Waals surface area (Å²) >= 11 is 0. The van der Waals surface area contributed by atoms with E-state index in [-0.39, 0.29) is 17.9 Å². The van der Waals surface area contributed by atoms with Gasteiger partial charge in [-0.05, 0) is 41.1 Å². The van der Waals surface area contributed by atoms with Crippen LogP contribution in [0.15, 0.2) is 65.8 Å². The summed E-state index contributed by atoms with van der Waals surface area (Å²) < 4.78 is 31.8. The molecule has 0 unspecified atom stereocenters. The van der Waals surface area contributed by atoms with Crippen molar-refractivity contribution in [2.75, 3.05) is 6.61 Å². The summed E-state index contributed by atoms with van der Waals surface area (Å²) in [5.74, 6) is -1.37. The van der Waals surface area contributed by atoms with Gasteiger partial charge in [-0.1, -0.05) is 35.5 Å². The highest BCUT2D eigenvalue weighted by molar-refractivity contribution is 6.01. The topological polar surface area (TPSA) is 41.8 Å². The van der Waals surface area contributed by atoms with Gasteiger partial charge in [-0.2, -0.15) is 0 Å². The van der Waals surface area contributed by atoms with Gasteiger partial charge < -0.3 is 9.94 Å². The summed E-state index contributed by atoms with van der Waals surface area (Å²) in [5.41, 5.74) is 0.365. The van der Waals surface area contributed by atoms with Crippen LogP contribution in [0, 0.1) is 11.6 Å². The Morgan fingerprint density at radius 2 is 1.70 bits per heavy atom. The number of oxime groups is 1. The molecule has 23 heavy (non-hydrogen) atoms. The van der Waals surface area contributed by atoms with Crippen LogP contribution in [-0.4, -0.2) is 17.5 Å². The summed E-state index contributed by atoms with van der Waals surface area (Å²) in [7, 11) is 0. The first kappa shape index (κ1) is 15.0. The first-order chi connectivity index (χ1) is 11.2. The van der Waals surface area contributed by atoms with E-state index < -0.39 is 11.6 Å². The van der Waals surface area contributed by atoms with E-state index in [2.05, 4.69) is 5.16 Å². The molecule has 0 bridgehead atoms. The monoisotopic (exact) mass is 313 g/mol. The first-order valence-electron chi connectivity index (χ1n) is 6.95. The molecule has 3 aromatic carbocycles. The Bertz CT molecular complexity index is 878. The summed E-state index contributed by atoms with van der Waals surface area (Å²) in [5, 5.41) is 14.3. The number of benzene rings is 3. The SMILES string of the molecule is O/N=C(\COc1ccc2ccccc2c1)c1ccc(F)c(F)c1. The molecule has 116 valence electrons. The second-order valence-corrected chi connectivity index (χ2v) is 4.97. The normalized spacial score (nSPS) is 11.7. The summed E-state index contributed by atoms with van der Waals surface area (Å²) in [6, 6.07) is 16.7. The molecule has 0 radical (unpaired) electrons. The Hall–Kier alpha value is -2.95. The van der Waals surface area contributed by atoms with E-state index in [0.717, 1.165) is 22.9 Å². The van der Waals surface area contributed by atoms with Crippen LogP contribution in [0.25, 0.3) is 10.8 Å². The Labute approximate surface area is 131 Å². The van der Waals surface area contributed by atoms with Crippen LogP contribution < -0.4 is 4.74 Å². The molecular weight excluding hydrogens is 300 g/mol. The van der Waals surface area contributed by atoms with E-state index in [1.54, 1.807) is 6.07 Å². The molecule has 3 aromatic rings. The van der Waals surface area contributed by atoms with Crippen molar-refractivity contribution in [3.05, 3.63) is 77.9 Å². The Morgan fingerprint density at radius 1 is 0.913 bits per heavy atom. The van der Waals surface area contributed by atoms with Crippen molar-refractivity contribution in [2.45, 2.75) is 0 Å². The summed E-state index contributed by atoms with van der Waals surface area (Å²) in [4.78, 5) is 0. The molecule has 1 N–H and O–H groups in total. The number of hydrogen-bond donors (Lipinski definition) is 1. The van der Waals surface area contributed by atoms with E-state index in [9.17, 15) is 8.78 Å². The van der Waals surface area contributed by atoms with Gasteiger partial charge >= 0.3 is 0 Å². The number of hydrogen-bond acceptors (Lipinski definition) is 3. The first-order valence-corrected chi connectivity index (χ1v) is 6.95. The van der Waals surface area contributed by atoms with Crippen LogP contribution in [0.1, 0.15) is 5.56 Å². The standard InChI is InChI=1S/C18H13F2NO2/c19-16-8-6-14(10-17(16)20)18(21-22)11-23-15-7-5-12-3-1-2-4-13(12)9-15/h1-10,22H,11H2/b21-18+. The highest BCUT2D eigenvalue weighted by Crippen LogP contribution is 2.21. The molecule has 0 spiro atoms. The minimum absolute atomic E-state index is 0.0695. The molecule has 5 heteroatoms. The number of nitrogens with zero attached hydrogens (tertiary/aromatic N) is 1. The molecule has 0 aliphatic carbocycles. The van der Waals surface area contributed by atoms with Crippen LogP contribution in [-0.2, 0) is 0 Å². The number of ether oxygens (including phenoxy) is 1. The molecule has 3 rings (SSSR count). The number of fused-ring (bicyclic) bond motifs is 1. The predicted molar refractivity (Wildman–Crippen MR) is 84.1 cm³/mol. The highest BCUT2D eigenvalue weighted by Gasteiger charge is 2.10. The second kappa shape index (κ2) is 6.44. The lowest BCUT2D eigenvalue weighted by Gasteiger charge is -2.09. The lowest BCUT2D eigenvalue weighted by Crippen LogP contribution is -2.13. The van der Waals surface area contributed by atoms with E-state index in [4.69, 9.17) is 9.94 Å². The largest absolute Gasteiger partial charge is 0.487 e. The van der Waals surface area contributed by atoms with Crippen molar-refractivity contribution in [3.8, 4) is 5.75 Å². The third kappa shape index (κ3) is 3.29. The van der Waals surface area contributed by atoms with Gasteiger partial charge in [0.15, 0.2) is 11.6 Å². The number of rotatable bonds is 4. The van der Waals surface area contributed by atoms with Crippen LogP contribution in [0.3, 0.4) is 0 Å². The molecule has 0 saturated heterocycles. The summed E-state index contributed by atoms with van der Waals surface area (Å²) in [6.45, 7) is -0.0695. The fraction of sp³-hybridized carbons (Fsp3) is 0.0556. The molecule has 0 aliphatic heterocycles. The van der Waals surface area contributed by atoms with Gasteiger partial charge in [0.1, 0.15) is 18.1 Å². The second-order valence-electron chi connectivity index (χ2n) is 4.97. The molecule has 0 fully saturated rings. The molecule has 3 nitrogen and oxygen atoms in total. The molecule has 0 amide bonds. The quantitative estimate of drug-likeness (QED) is 0.441. The van der Waals surface area contributed by atoms with Crippen molar-refractivity contribution in [1.29, 1.82) is 0 Å². The molecule has 0 heterocycles. The lowest BCUT2D eigenvalue weighted by atomic mass is 10.1. The molecule has 0 atom stereocenters. The third-order valence-electron chi connectivity index (χ3n) is 3.47. The van der Waals surface area contributed by atoms with Gasteiger partial charge in [0.2, 0.25) is 0 Å². The lowest BCUT2D eigenvalue weighted by molar-refractivity contribution is 0.308. The minimum atomic E-state index is -1.01. The van der Waals surface area contributed by atoms with E-state index in [0.29, 0.717) is 5.75 Å². The maximum atomic E-state index is 13.3. The van der Waals surface area contributed by atoms with Gasteiger partial charge in [-0.25, -0.2) is 8.78 Å². The highest BCUT2D eigenvalue weighted by atomic mass is 19.2. The maximum Gasteiger partial charge on any atom is 0.159 e. The van der Waals surface area contributed by atoms with Crippen LogP contribution in [0.4, 0.5) is 8.78 Å². The van der Waals surface area contributed by atoms with Crippen LogP contribution in [0.2, 0.25) is 0 Å². The van der Waals surface area contributed by atoms with Gasteiger partial charge in [0.25, 0.3) is 0 Å². The Balaban J connectivity index is 1.77. The maximum absolute atomic E-state index is 13.3. The number of halogens is 2. The summed E-state index contributed by atoms with van der Waals surface area (Å²) in [6.07, 6.45) is 0. The zero-order valence-corrected chi connectivity index (χ0v) is 12.0.